The number of esters is 1. The van der Waals surface area contributed by atoms with Gasteiger partial charge in [0.15, 0.2) is 12.4 Å². The fourth-order valence-corrected chi connectivity index (χ4v) is 2.21. The van der Waals surface area contributed by atoms with Crippen LogP contribution < -0.4 is 0 Å². The quantitative estimate of drug-likeness (QED) is 0.477. The lowest BCUT2D eigenvalue weighted by Gasteiger charge is -2.13. The first kappa shape index (κ1) is 18.3. The Labute approximate surface area is 145 Å². The van der Waals surface area contributed by atoms with E-state index in [1.165, 1.54) is 19.1 Å². The fraction of sp³-hybridized carbons (Fsp3) is 0.150. The van der Waals surface area contributed by atoms with E-state index in [0.29, 0.717) is 5.56 Å². The number of carbonyl (C=O) groups is 3. The molecule has 128 valence electrons. The van der Waals surface area contributed by atoms with Crippen molar-refractivity contribution in [2.45, 2.75) is 13.0 Å². The lowest BCUT2D eigenvalue weighted by atomic mass is 9.94. The van der Waals surface area contributed by atoms with E-state index in [9.17, 15) is 19.5 Å². The number of aliphatic hydroxyl groups excluding tert-OH is 1. The molecule has 2 aromatic rings. The summed E-state index contributed by atoms with van der Waals surface area (Å²) in [5.41, 5.74) is 0.785. The number of benzene rings is 2. The molecular formula is C20H18O5. The van der Waals surface area contributed by atoms with Crippen LogP contribution in [0.1, 0.15) is 39.3 Å². The average molecular weight is 338 g/mol. The lowest BCUT2D eigenvalue weighted by Crippen LogP contribution is -2.20. The average Bonchev–Trinajstić information content (AvgIpc) is 2.65. The molecule has 1 unspecified atom stereocenters. The molecule has 0 heterocycles. The second-order valence-electron chi connectivity index (χ2n) is 5.50. The largest absolute Gasteiger partial charge is 0.454 e. The second-order valence-corrected chi connectivity index (χ2v) is 5.50. The highest BCUT2D eigenvalue weighted by molar-refractivity contribution is 6.11. The van der Waals surface area contributed by atoms with Gasteiger partial charge >= 0.3 is 5.97 Å². The molecule has 0 fully saturated rings. The van der Waals surface area contributed by atoms with E-state index in [2.05, 4.69) is 6.58 Å². The molecule has 0 amide bonds. The van der Waals surface area contributed by atoms with Crippen LogP contribution >= 0.6 is 0 Å². The van der Waals surface area contributed by atoms with E-state index in [-0.39, 0.29) is 16.7 Å². The number of Topliss-reactive ketones (excluding diaryl/α,β-unsaturated/α-hetero) is 2. The third kappa shape index (κ3) is 4.49. The molecule has 0 aliphatic carbocycles. The van der Waals surface area contributed by atoms with Gasteiger partial charge in [-0.25, -0.2) is 4.79 Å². The zero-order valence-electron chi connectivity index (χ0n) is 13.8. The molecule has 5 heteroatoms. The molecular weight excluding hydrogens is 320 g/mol. The molecule has 0 saturated carbocycles. The van der Waals surface area contributed by atoms with Crippen LogP contribution in [0, 0.1) is 0 Å². The van der Waals surface area contributed by atoms with Gasteiger partial charge in [0.05, 0.1) is 0 Å². The molecule has 0 aromatic heterocycles. The molecule has 2 rings (SSSR count). The van der Waals surface area contributed by atoms with E-state index < -0.39 is 30.2 Å². The first-order valence-electron chi connectivity index (χ1n) is 7.64. The van der Waals surface area contributed by atoms with E-state index in [1.807, 2.05) is 0 Å². The van der Waals surface area contributed by atoms with Crippen LogP contribution in [0.4, 0.5) is 0 Å². The van der Waals surface area contributed by atoms with Gasteiger partial charge in [-0.1, -0.05) is 61.2 Å². The van der Waals surface area contributed by atoms with Crippen molar-refractivity contribution >= 4 is 17.5 Å². The first-order valence-corrected chi connectivity index (χ1v) is 7.64. The van der Waals surface area contributed by atoms with Crippen LogP contribution in [0.5, 0.6) is 0 Å². The Morgan fingerprint density at radius 1 is 1.00 bits per heavy atom. The molecule has 5 nitrogen and oxygen atoms in total. The van der Waals surface area contributed by atoms with Crippen LogP contribution in [0.15, 0.2) is 66.7 Å². The Balaban J connectivity index is 2.22. The number of carbonyl (C=O) groups excluding carboxylic acids is 3. The molecule has 0 bridgehead atoms. The Kier molecular flexibility index (Phi) is 5.98. The summed E-state index contributed by atoms with van der Waals surface area (Å²) in [7, 11) is 0. The standard InChI is InChI=1S/C20H18O5/c1-13(2)20(24)25-12-17(21)15-10-6-7-11-16(15)19(23)18(22)14-8-4-3-5-9-14/h3-11,18,22H,1,12H2,2H3. The van der Waals surface area contributed by atoms with Gasteiger partial charge in [-0.2, -0.15) is 0 Å². The molecule has 1 N–H and O–H groups in total. The summed E-state index contributed by atoms with van der Waals surface area (Å²) in [5.74, 6) is -1.80. The second kappa shape index (κ2) is 8.17. The predicted octanol–water partition coefficient (Wildman–Crippen LogP) is 2.90. The molecule has 0 radical (unpaired) electrons. The molecule has 0 aliphatic heterocycles. The van der Waals surface area contributed by atoms with Gasteiger partial charge in [0.25, 0.3) is 0 Å². The van der Waals surface area contributed by atoms with Crippen molar-refractivity contribution < 1.29 is 24.2 Å². The van der Waals surface area contributed by atoms with Crippen molar-refractivity contribution in [3.63, 3.8) is 0 Å². The highest BCUT2D eigenvalue weighted by Crippen LogP contribution is 2.21. The maximum atomic E-state index is 12.6. The van der Waals surface area contributed by atoms with Crippen molar-refractivity contribution in [3.05, 3.63) is 83.4 Å². The highest BCUT2D eigenvalue weighted by Gasteiger charge is 2.24. The van der Waals surface area contributed by atoms with Gasteiger partial charge in [-0.15, -0.1) is 0 Å². The van der Waals surface area contributed by atoms with E-state index in [0.717, 1.165) is 0 Å². The third-order valence-electron chi connectivity index (χ3n) is 3.54. The molecule has 0 saturated heterocycles. The van der Waals surface area contributed by atoms with E-state index >= 15 is 0 Å². The maximum absolute atomic E-state index is 12.6. The van der Waals surface area contributed by atoms with Gasteiger partial charge in [0, 0.05) is 16.7 Å². The molecule has 2 aromatic carbocycles. The van der Waals surface area contributed by atoms with Crippen molar-refractivity contribution in [2.75, 3.05) is 6.61 Å². The Morgan fingerprint density at radius 3 is 2.16 bits per heavy atom. The van der Waals surface area contributed by atoms with Gasteiger partial charge in [-0.3, -0.25) is 9.59 Å². The number of ether oxygens (including phenoxy) is 1. The number of hydrogen-bond acceptors (Lipinski definition) is 5. The van der Waals surface area contributed by atoms with Crippen LogP contribution in [0.25, 0.3) is 0 Å². The number of aliphatic hydroxyl groups is 1. The zero-order chi connectivity index (χ0) is 18.4. The minimum atomic E-state index is -1.38. The summed E-state index contributed by atoms with van der Waals surface area (Å²) >= 11 is 0. The third-order valence-corrected chi connectivity index (χ3v) is 3.54. The zero-order valence-corrected chi connectivity index (χ0v) is 13.8. The molecule has 0 aliphatic rings. The van der Waals surface area contributed by atoms with Crippen molar-refractivity contribution in [3.8, 4) is 0 Å². The van der Waals surface area contributed by atoms with Crippen LogP contribution in [0.3, 0.4) is 0 Å². The van der Waals surface area contributed by atoms with Gasteiger partial charge in [-0.05, 0) is 12.5 Å². The minimum absolute atomic E-state index is 0.0789. The van der Waals surface area contributed by atoms with Gasteiger partial charge in [0.2, 0.25) is 5.78 Å². The summed E-state index contributed by atoms with van der Waals surface area (Å²) in [5, 5.41) is 10.3. The van der Waals surface area contributed by atoms with E-state index in [4.69, 9.17) is 4.74 Å². The van der Waals surface area contributed by atoms with Gasteiger partial charge in [0.1, 0.15) is 6.10 Å². The number of hydrogen-bond donors (Lipinski definition) is 1. The summed E-state index contributed by atoms with van der Waals surface area (Å²) < 4.78 is 4.84. The monoisotopic (exact) mass is 338 g/mol. The van der Waals surface area contributed by atoms with Crippen molar-refractivity contribution in [1.29, 1.82) is 0 Å². The topological polar surface area (TPSA) is 80.7 Å². The fourth-order valence-electron chi connectivity index (χ4n) is 2.21. The van der Waals surface area contributed by atoms with Gasteiger partial charge < -0.3 is 9.84 Å². The van der Waals surface area contributed by atoms with E-state index in [1.54, 1.807) is 42.5 Å². The molecule has 1 atom stereocenters. The first-order chi connectivity index (χ1) is 11.9. The Hall–Kier alpha value is -3.05. The Morgan fingerprint density at radius 2 is 1.56 bits per heavy atom. The summed E-state index contributed by atoms with van der Waals surface area (Å²) in [6.07, 6.45) is -1.38. The molecule has 25 heavy (non-hydrogen) atoms. The van der Waals surface area contributed by atoms with Crippen molar-refractivity contribution in [1.82, 2.24) is 0 Å². The number of ketones is 2. The lowest BCUT2D eigenvalue weighted by molar-refractivity contribution is -0.137. The maximum Gasteiger partial charge on any atom is 0.333 e. The van der Waals surface area contributed by atoms with Crippen LogP contribution in [-0.2, 0) is 9.53 Å². The molecule has 0 spiro atoms. The summed E-state index contributed by atoms with van der Waals surface area (Å²) in [6, 6.07) is 14.6. The summed E-state index contributed by atoms with van der Waals surface area (Å²) in [6.45, 7) is 4.41. The van der Waals surface area contributed by atoms with Crippen molar-refractivity contribution in [2.24, 2.45) is 0 Å². The smallest absolute Gasteiger partial charge is 0.333 e. The highest BCUT2D eigenvalue weighted by atomic mass is 16.5. The Bertz CT molecular complexity index is 808. The minimum Gasteiger partial charge on any atom is -0.454 e. The number of rotatable bonds is 7. The SMILES string of the molecule is C=C(C)C(=O)OCC(=O)c1ccccc1C(=O)C(O)c1ccccc1. The normalized spacial score (nSPS) is 11.4. The van der Waals surface area contributed by atoms with Crippen LogP contribution in [-0.4, -0.2) is 29.2 Å². The van der Waals surface area contributed by atoms with Crippen LogP contribution in [0.2, 0.25) is 0 Å². The predicted molar refractivity (Wildman–Crippen MR) is 92.3 cm³/mol. The summed E-state index contributed by atoms with van der Waals surface area (Å²) in [4.78, 5) is 36.3.